The zero-order chi connectivity index (χ0) is 22.1. The lowest BCUT2D eigenvalue weighted by atomic mass is 9.75. The van der Waals surface area contributed by atoms with Crippen molar-refractivity contribution in [3.8, 4) is 11.5 Å². The predicted molar refractivity (Wildman–Crippen MR) is 105 cm³/mol. The van der Waals surface area contributed by atoms with E-state index in [0.29, 0.717) is 0 Å². The van der Waals surface area contributed by atoms with Gasteiger partial charge < -0.3 is 14.6 Å². The van der Waals surface area contributed by atoms with Crippen LogP contribution < -0.4 is 9.47 Å². The third kappa shape index (κ3) is 4.06. The maximum absolute atomic E-state index is 14.8. The number of methoxy groups -OCH3 is 1. The van der Waals surface area contributed by atoms with Gasteiger partial charge in [0.25, 0.3) is 5.95 Å². The molecule has 3 nitrogen and oxygen atoms in total. The Bertz CT molecular complexity index is 1020. The average molecular weight is 420 g/mol. The summed E-state index contributed by atoms with van der Waals surface area (Å²) in [4.78, 5) is 0. The Labute approximate surface area is 171 Å². The lowest BCUT2D eigenvalue weighted by Crippen LogP contribution is -2.24. The van der Waals surface area contributed by atoms with Crippen LogP contribution in [0.3, 0.4) is 0 Å². The van der Waals surface area contributed by atoms with Gasteiger partial charge in [-0.25, -0.2) is 17.6 Å². The van der Waals surface area contributed by atoms with Crippen LogP contribution in [-0.4, -0.2) is 18.4 Å². The van der Waals surface area contributed by atoms with Gasteiger partial charge in [0.05, 0.1) is 7.11 Å². The summed E-state index contributed by atoms with van der Waals surface area (Å²) in [6.45, 7) is 3.15. The highest BCUT2D eigenvalue weighted by atomic mass is 19.1. The Morgan fingerprint density at radius 3 is 2.17 bits per heavy atom. The van der Waals surface area contributed by atoms with Crippen molar-refractivity contribution in [3.63, 3.8) is 0 Å². The molecular formula is C23H20F4O3. The van der Waals surface area contributed by atoms with E-state index >= 15 is 0 Å². The monoisotopic (exact) mass is 420 g/mol. The van der Waals surface area contributed by atoms with Crippen molar-refractivity contribution in [1.29, 1.82) is 0 Å². The molecule has 1 N–H and O–H groups in total. The Kier molecular flexibility index (Phi) is 5.92. The highest BCUT2D eigenvalue weighted by Crippen LogP contribution is 2.40. The smallest absolute Gasteiger partial charge is 0.291 e. The number of ether oxygens (including phenoxy) is 2. The molecule has 0 fully saturated rings. The quantitative estimate of drug-likeness (QED) is 0.460. The van der Waals surface area contributed by atoms with E-state index in [-0.39, 0.29) is 16.9 Å². The number of para-hydroxylation sites is 1. The molecule has 0 saturated carbocycles. The van der Waals surface area contributed by atoms with E-state index in [1.165, 1.54) is 12.1 Å². The highest BCUT2D eigenvalue weighted by Gasteiger charge is 2.34. The standard InChI is InChI=1S/C23H20F4O3/c1-23(2,14-11-18(26)21(29-3)19(27)12-14)13-9-16(24)20(17(25)10-13)22(28)30-15-7-5-4-6-8-15/h4-12,16,28H,1-3H3. The zero-order valence-corrected chi connectivity index (χ0v) is 16.5. The van der Waals surface area contributed by atoms with Crippen molar-refractivity contribution >= 4 is 0 Å². The highest BCUT2D eigenvalue weighted by molar-refractivity contribution is 5.51. The number of alkyl halides is 1. The SMILES string of the molecule is COc1c(F)cc(C(C)(C)C2=CC(F)C(=C(O)Oc3ccccc3)C(F)=C2)cc1F. The molecule has 3 rings (SSSR count). The summed E-state index contributed by atoms with van der Waals surface area (Å²) < 4.78 is 67.6. The van der Waals surface area contributed by atoms with Gasteiger partial charge in [-0.1, -0.05) is 32.0 Å². The first-order valence-corrected chi connectivity index (χ1v) is 9.08. The minimum absolute atomic E-state index is 0.146. The van der Waals surface area contributed by atoms with E-state index < -0.39 is 46.3 Å². The van der Waals surface area contributed by atoms with Crippen LogP contribution in [0.1, 0.15) is 19.4 Å². The first-order valence-electron chi connectivity index (χ1n) is 9.08. The zero-order valence-electron chi connectivity index (χ0n) is 16.5. The molecular weight excluding hydrogens is 400 g/mol. The third-order valence-corrected chi connectivity index (χ3v) is 4.98. The minimum Gasteiger partial charge on any atom is -0.491 e. The molecule has 1 atom stereocenters. The fourth-order valence-electron chi connectivity index (χ4n) is 3.18. The van der Waals surface area contributed by atoms with Crippen LogP contribution in [0.2, 0.25) is 0 Å². The van der Waals surface area contributed by atoms with Gasteiger partial charge in [0, 0.05) is 5.41 Å². The molecule has 158 valence electrons. The maximum atomic E-state index is 14.8. The van der Waals surface area contributed by atoms with Crippen molar-refractivity contribution in [2.24, 2.45) is 0 Å². The van der Waals surface area contributed by atoms with Gasteiger partial charge in [-0.3, -0.25) is 0 Å². The number of allylic oxidation sites excluding steroid dienone is 5. The van der Waals surface area contributed by atoms with Gasteiger partial charge in [-0.15, -0.1) is 0 Å². The van der Waals surface area contributed by atoms with Crippen LogP contribution in [0.25, 0.3) is 0 Å². The normalized spacial score (nSPS) is 18.4. The van der Waals surface area contributed by atoms with Gasteiger partial charge >= 0.3 is 0 Å². The Morgan fingerprint density at radius 1 is 1.03 bits per heavy atom. The largest absolute Gasteiger partial charge is 0.491 e. The average Bonchev–Trinajstić information content (AvgIpc) is 2.67. The van der Waals surface area contributed by atoms with Gasteiger partial charge in [0.2, 0.25) is 0 Å². The number of hydrogen-bond donors (Lipinski definition) is 1. The van der Waals surface area contributed by atoms with E-state index in [1.807, 2.05) is 0 Å². The number of halogens is 4. The fourth-order valence-corrected chi connectivity index (χ4v) is 3.18. The van der Waals surface area contributed by atoms with Crippen LogP contribution in [0.5, 0.6) is 11.5 Å². The molecule has 2 aromatic carbocycles. The lowest BCUT2D eigenvalue weighted by molar-refractivity contribution is 0.194. The van der Waals surface area contributed by atoms with Crippen LogP contribution in [0.4, 0.5) is 17.6 Å². The Balaban J connectivity index is 1.96. The molecule has 0 aliphatic heterocycles. The van der Waals surface area contributed by atoms with E-state index in [4.69, 9.17) is 4.74 Å². The van der Waals surface area contributed by atoms with Crippen molar-refractivity contribution < 1.29 is 32.1 Å². The number of aliphatic hydroxyl groups is 1. The van der Waals surface area contributed by atoms with E-state index in [2.05, 4.69) is 4.74 Å². The van der Waals surface area contributed by atoms with Gasteiger partial charge in [0.1, 0.15) is 17.1 Å². The Morgan fingerprint density at radius 2 is 1.63 bits per heavy atom. The summed E-state index contributed by atoms with van der Waals surface area (Å²) >= 11 is 0. The molecule has 1 unspecified atom stereocenters. The Hall–Kier alpha value is -3.22. The molecule has 0 saturated heterocycles. The van der Waals surface area contributed by atoms with Gasteiger partial charge in [-0.2, -0.15) is 0 Å². The summed E-state index contributed by atoms with van der Waals surface area (Å²) in [5.74, 6) is -4.12. The second-order valence-corrected chi connectivity index (χ2v) is 7.25. The van der Waals surface area contributed by atoms with Crippen LogP contribution in [0.15, 0.2) is 77.5 Å². The molecule has 1 aliphatic carbocycles. The van der Waals surface area contributed by atoms with Gasteiger partial charge in [-0.05, 0) is 47.6 Å². The molecule has 0 bridgehead atoms. The van der Waals surface area contributed by atoms with E-state index in [1.54, 1.807) is 32.0 Å². The number of aliphatic hydroxyl groups excluding tert-OH is 1. The van der Waals surface area contributed by atoms with Gasteiger partial charge in [0.15, 0.2) is 23.6 Å². The minimum atomic E-state index is -2.03. The van der Waals surface area contributed by atoms with E-state index in [0.717, 1.165) is 31.4 Å². The van der Waals surface area contributed by atoms with Crippen molar-refractivity contribution in [3.05, 3.63) is 94.7 Å². The molecule has 1 aliphatic rings. The third-order valence-electron chi connectivity index (χ3n) is 4.98. The summed E-state index contributed by atoms with van der Waals surface area (Å²) in [5, 5.41) is 10.1. The molecule has 0 aromatic heterocycles. The fraction of sp³-hybridized carbons (Fsp3) is 0.217. The summed E-state index contributed by atoms with van der Waals surface area (Å²) in [6, 6.07) is 10.2. The molecule has 0 heterocycles. The summed E-state index contributed by atoms with van der Waals surface area (Å²) in [5.41, 5.74) is -1.49. The van der Waals surface area contributed by atoms with Crippen molar-refractivity contribution in [2.45, 2.75) is 25.4 Å². The van der Waals surface area contributed by atoms with Crippen molar-refractivity contribution in [1.82, 2.24) is 0 Å². The number of rotatable bonds is 5. The van der Waals surface area contributed by atoms with Crippen LogP contribution in [-0.2, 0) is 5.41 Å². The molecule has 0 spiro atoms. The molecule has 30 heavy (non-hydrogen) atoms. The molecule has 2 aromatic rings. The number of hydrogen-bond acceptors (Lipinski definition) is 3. The van der Waals surface area contributed by atoms with Crippen LogP contribution >= 0.6 is 0 Å². The summed E-state index contributed by atoms with van der Waals surface area (Å²) in [6.07, 6.45) is 0.0555. The maximum Gasteiger partial charge on any atom is 0.291 e. The first kappa shape index (κ1) is 21.5. The first-order chi connectivity index (χ1) is 14.1. The van der Waals surface area contributed by atoms with Crippen molar-refractivity contribution in [2.75, 3.05) is 7.11 Å². The molecule has 0 amide bonds. The predicted octanol–water partition coefficient (Wildman–Crippen LogP) is 6.23. The number of benzene rings is 2. The van der Waals surface area contributed by atoms with E-state index in [9.17, 15) is 22.7 Å². The lowest BCUT2D eigenvalue weighted by Gasteiger charge is -2.30. The molecule has 7 heteroatoms. The second-order valence-electron chi connectivity index (χ2n) is 7.25. The molecule has 0 radical (unpaired) electrons. The summed E-state index contributed by atoms with van der Waals surface area (Å²) in [7, 11) is 1.14. The van der Waals surface area contributed by atoms with Crippen LogP contribution in [0, 0.1) is 11.6 Å². The second kappa shape index (κ2) is 8.26. The topological polar surface area (TPSA) is 38.7 Å².